The number of nitrogens with one attached hydrogen (secondary N) is 2. The molecule has 1 aliphatic rings. The molecule has 0 saturated heterocycles. The number of benzene rings is 2. The van der Waals surface area contributed by atoms with Gasteiger partial charge in [-0.25, -0.2) is 0 Å². The van der Waals surface area contributed by atoms with Crippen molar-refractivity contribution in [3.63, 3.8) is 0 Å². The number of carbonyl (C=O) groups excluding carboxylic acids is 1. The van der Waals surface area contributed by atoms with Crippen molar-refractivity contribution in [3.8, 4) is 0 Å². The molecule has 0 saturated carbocycles. The van der Waals surface area contributed by atoms with Crippen LogP contribution in [0.15, 0.2) is 96.9 Å². The molecule has 1 aliphatic carbocycles. The predicted molar refractivity (Wildman–Crippen MR) is 167 cm³/mol. The number of rotatable bonds is 10. The van der Waals surface area contributed by atoms with Gasteiger partial charge in [-0.15, -0.1) is 10.2 Å². The molecule has 3 heterocycles. The third kappa shape index (κ3) is 6.48. The molecule has 42 heavy (non-hydrogen) atoms. The van der Waals surface area contributed by atoms with E-state index in [4.69, 9.17) is 28.3 Å². The molecule has 0 aliphatic heterocycles. The van der Waals surface area contributed by atoms with Crippen LogP contribution in [0.25, 0.3) is 10.9 Å². The maximum Gasteiger partial charge on any atom is 0.226 e. The highest BCUT2D eigenvalue weighted by atomic mass is 35.5. The zero-order valence-corrected chi connectivity index (χ0v) is 24.4. The van der Waals surface area contributed by atoms with E-state index >= 15 is 0 Å². The number of hydrogen-bond donors (Lipinski definition) is 2. The second-order valence-corrected chi connectivity index (χ2v) is 11.2. The minimum atomic E-state index is -0.444. The van der Waals surface area contributed by atoms with Gasteiger partial charge in [0.05, 0.1) is 29.1 Å². The summed E-state index contributed by atoms with van der Waals surface area (Å²) in [5, 5.41) is 14.7. The van der Waals surface area contributed by atoms with Gasteiger partial charge in [-0.05, 0) is 59.9 Å². The Labute approximate surface area is 254 Å². The quantitative estimate of drug-likeness (QED) is 0.182. The summed E-state index contributed by atoms with van der Waals surface area (Å²) in [5.41, 5.74) is 4.99. The molecule has 1 amide bonds. The van der Waals surface area contributed by atoms with Crippen LogP contribution in [0.1, 0.15) is 47.4 Å². The molecule has 2 aromatic carbocycles. The lowest BCUT2D eigenvalue weighted by atomic mass is 10.0. The standard InChI is InChI=1S/C33H30Cl2N6O/c34-27-14-13-23(16-28(27)35)21-41-31(17-22-8-2-1-3-9-22)39-40-33(41)30(38-32(42)19-25-10-6-7-15-36-25)18-24-20-37-29-12-5-4-11-26(24)29/h2,4-16,20,30,37H,1,3,17-19,21H2,(H,38,42)/t30-/m1/s1. The number of para-hydroxylation sites is 1. The Bertz CT molecular complexity index is 1770. The van der Waals surface area contributed by atoms with Crippen LogP contribution in [0.5, 0.6) is 0 Å². The van der Waals surface area contributed by atoms with Gasteiger partial charge in [0.1, 0.15) is 5.82 Å². The van der Waals surface area contributed by atoms with E-state index in [0.717, 1.165) is 40.7 Å². The highest BCUT2D eigenvalue weighted by Crippen LogP contribution is 2.28. The van der Waals surface area contributed by atoms with Crippen molar-refractivity contribution in [2.75, 3.05) is 0 Å². The van der Waals surface area contributed by atoms with Crippen LogP contribution in [-0.2, 0) is 30.6 Å². The number of carbonyl (C=O) groups is 1. The van der Waals surface area contributed by atoms with Crippen molar-refractivity contribution in [1.82, 2.24) is 30.0 Å². The van der Waals surface area contributed by atoms with Crippen LogP contribution in [0.4, 0.5) is 0 Å². The molecular formula is C33H30Cl2N6O. The molecule has 2 N–H and O–H groups in total. The van der Waals surface area contributed by atoms with Gasteiger partial charge < -0.3 is 14.9 Å². The van der Waals surface area contributed by atoms with Crippen LogP contribution in [0.3, 0.4) is 0 Å². The van der Waals surface area contributed by atoms with E-state index < -0.39 is 6.04 Å². The van der Waals surface area contributed by atoms with Gasteiger partial charge in [-0.2, -0.15) is 0 Å². The number of nitrogens with zero attached hydrogens (tertiary/aromatic N) is 4. The first-order valence-electron chi connectivity index (χ1n) is 14.0. The Morgan fingerprint density at radius 2 is 1.90 bits per heavy atom. The number of amides is 1. The van der Waals surface area contributed by atoms with Crippen molar-refractivity contribution < 1.29 is 4.79 Å². The monoisotopic (exact) mass is 596 g/mol. The Morgan fingerprint density at radius 3 is 2.71 bits per heavy atom. The highest BCUT2D eigenvalue weighted by molar-refractivity contribution is 6.42. The lowest BCUT2D eigenvalue weighted by molar-refractivity contribution is -0.121. The van der Waals surface area contributed by atoms with Crippen molar-refractivity contribution in [2.24, 2.45) is 0 Å². The lowest BCUT2D eigenvalue weighted by Gasteiger charge is -2.21. The smallest absolute Gasteiger partial charge is 0.226 e. The first-order chi connectivity index (χ1) is 20.5. The minimum absolute atomic E-state index is 0.137. The summed E-state index contributed by atoms with van der Waals surface area (Å²) >= 11 is 12.6. The maximum atomic E-state index is 13.4. The fourth-order valence-corrected chi connectivity index (χ4v) is 5.67. The van der Waals surface area contributed by atoms with Crippen molar-refractivity contribution in [2.45, 2.75) is 44.7 Å². The van der Waals surface area contributed by atoms with Gasteiger partial charge in [0.15, 0.2) is 5.82 Å². The van der Waals surface area contributed by atoms with Crippen LogP contribution >= 0.6 is 23.2 Å². The Kier molecular flexibility index (Phi) is 8.49. The normalized spacial score (nSPS) is 13.7. The van der Waals surface area contributed by atoms with Gasteiger partial charge in [-0.3, -0.25) is 9.78 Å². The van der Waals surface area contributed by atoms with Gasteiger partial charge in [0.2, 0.25) is 5.91 Å². The summed E-state index contributed by atoms with van der Waals surface area (Å²) in [6.07, 6.45) is 13.7. The molecule has 0 radical (unpaired) electrons. The Hall–Kier alpha value is -4.20. The largest absolute Gasteiger partial charge is 0.361 e. The van der Waals surface area contributed by atoms with Gasteiger partial charge >= 0.3 is 0 Å². The summed E-state index contributed by atoms with van der Waals surface area (Å²) in [5.74, 6) is 1.36. The van der Waals surface area contributed by atoms with E-state index in [-0.39, 0.29) is 12.3 Å². The summed E-state index contributed by atoms with van der Waals surface area (Å²) in [6, 6.07) is 18.9. The number of H-pyrrole nitrogens is 1. The molecule has 0 spiro atoms. The molecule has 0 bridgehead atoms. The highest BCUT2D eigenvalue weighted by Gasteiger charge is 2.25. The summed E-state index contributed by atoms with van der Waals surface area (Å²) in [4.78, 5) is 21.1. The summed E-state index contributed by atoms with van der Waals surface area (Å²) in [7, 11) is 0. The van der Waals surface area contributed by atoms with Crippen molar-refractivity contribution >= 4 is 40.0 Å². The number of fused-ring (bicyclic) bond motifs is 1. The number of pyridine rings is 1. The predicted octanol–water partition coefficient (Wildman–Crippen LogP) is 6.97. The maximum absolute atomic E-state index is 13.4. The van der Waals surface area contributed by atoms with Crippen LogP contribution < -0.4 is 5.32 Å². The topological polar surface area (TPSA) is 88.5 Å². The van der Waals surface area contributed by atoms with Crippen molar-refractivity contribution in [3.05, 3.63) is 135 Å². The van der Waals surface area contributed by atoms with Gasteiger partial charge in [0, 0.05) is 41.8 Å². The fourth-order valence-electron chi connectivity index (χ4n) is 5.35. The number of aromatic amines is 1. The number of halogens is 2. The summed E-state index contributed by atoms with van der Waals surface area (Å²) in [6.45, 7) is 0.478. The van der Waals surface area contributed by atoms with E-state index in [2.05, 4.69) is 49.2 Å². The van der Waals surface area contributed by atoms with Gasteiger partial charge in [0.25, 0.3) is 0 Å². The molecule has 0 fully saturated rings. The van der Waals surface area contributed by atoms with Crippen LogP contribution in [0.2, 0.25) is 10.0 Å². The number of aromatic nitrogens is 5. The molecule has 6 rings (SSSR count). The molecule has 212 valence electrons. The molecule has 3 aromatic heterocycles. The second-order valence-electron chi connectivity index (χ2n) is 10.4. The van der Waals surface area contributed by atoms with Gasteiger partial charge in [-0.1, -0.05) is 71.8 Å². The molecule has 1 atom stereocenters. The van der Waals surface area contributed by atoms with Crippen molar-refractivity contribution in [1.29, 1.82) is 0 Å². The second kappa shape index (κ2) is 12.8. The Morgan fingerprint density at radius 1 is 1.02 bits per heavy atom. The van der Waals surface area contributed by atoms with E-state index in [1.165, 1.54) is 5.57 Å². The zero-order valence-electron chi connectivity index (χ0n) is 22.9. The fraction of sp³-hybridized carbons (Fsp3) is 0.212. The average Bonchev–Trinajstić information content (AvgIpc) is 3.59. The van der Waals surface area contributed by atoms with E-state index in [1.807, 2.05) is 54.7 Å². The first-order valence-corrected chi connectivity index (χ1v) is 14.7. The molecule has 7 nitrogen and oxygen atoms in total. The number of hydrogen-bond acceptors (Lipinski definition) is 4. The zero-order chi connectivity index (χ0) is 28.9. The molecule has 9 heteroatoms. The molecule has 0 unspecified atom stereocenters. The van der Waals surface area contributed by atoms with Crippen LogP contribution in [-0.4, -0.2) is 30.6 Å². The molecule has 5 aromatic rings. The first kappa shape index (κ1) is 27.9. The SMILES string of the molecule is O=C(Cc1ccccn1)N[C@H](Cc1c[nH]c2ccccc12)c1nnc(CC2=CCCC=C2)n1Cc1ccc(Cl)c(Cl)c1. The molecular weight excluding hydrogens is 567 g/mol. The van der Waals surface area contributed by atoms with E-state index in [0.29, 0.717) is 40.9 Å². The number of allylic oxidation sites excluding steroid dienone is 4. The van der Waals surface area contributed by atoms with E-state index in [1.54, 1.807) is 12.3 Å². The lowest BCUT2D eigenvalue weighted by Crippen LogP contribution is -2.33. The average molecular weight is 598 g/mol. The Balaban J connectivity index is 1.39. The third-order valence-electron chi connectivity index (χ3n) is 7.43. The third-order valence-corrected chi connectivity index (χ3v) is 8.17. The minimum Gasteiger partial charge on any atom is -0.361 e. The van der Waals surface area contributed by atoms with Crippen LogP contribution in [0, 0.1) is 0 Å². The summed E-state index contributed by atoms with van der Waals surface area (Å²) < 4.78 is 2.10. The van der Waals surface area contributed by atoms with E-state index in [9.17, 15) is 4.79 Å².